The molecular weight excluding hydrogens is 373 g/mol. The van der Waals surface area contributed by atoms with Crippen LogP contribution < -0.4 is 16.6 Å². The number of hydrogen-bond donors (Lipinski definition) is 3. The van der Waals surface area contributed by atoms with Gasteiger partial charge in [-0.2, -0.15) is 18.3 Å². The SMILES string of the molecule is O=C(CSc1n[nH]c(=O)[nH]c1=O)Nc1cc(Cl)ccc1C(F)(F)F. The maximum Gasteiger partial charge on any atom is 0.418 e. The van der Waals surface area contributed by atoms with Gasteiger partial charge >= 0.3 is 11.9 Å². The van der Waals surface area contributed by atoms with Crippen LogP contribution in [0.5, 0.6) is 0 Å². The second-order valence-corrected chi connectivity index (χ2v) is 5.74. The molecule has 24 heavy (non-hydrogen) atoms. The Kier molecular flexibility index (Phi) is 5.34. The summed E-state index contributed by atoms with van der Waals surface area (Å²) in [6.07, 6.45) is -4.67. The second-order valence-electron chi connectivity index (χ2n) is 4.34. The van der Waals surface area contributed by atoms with Crippen molar-refractivity contribution < 1.29 is 18.0 Å². The Balaban J connectivity index is 2.11. The predicted octanol–water partition coefficient (Wildman–Crippen LogP) is 1.86. The van der Waals surface area contributed by atoms with Gasteiger partial charge in [-0.15, -0.1) is 0 Å². The molecule has 0 spiro atoms. The Morgan fingerprint density at radius 2 is 2.04 bits per heavy atom. The number of rotatable bonds is 4. The molecule has 0 fully saturated rings. The molecule has 2 rings (SSSR count). The number of H-pyrrole nitrogens is 2. The number of benzene rings is 1. The highest BCUT2D eigenvalue weighted by atomic mass is 35.5. The van der Waals surface area contributed by atoms with Crippen LogP contribution in [0.2, 0.25) is 5.02 Å². The number of nitrogens with one attached hydrogen (secondary N) is 3. The first-order valence-electron chi connectivity index (χ1n) is 6.15. The Bertz CT molecular complexity index is 881. The van der Waals surface area contributed by atoms with Gasteiger partial charge in [0.2, 0.25) is 5.91 Å². The molecule has 0 atom stereocenters. The van der Waals surface area contributed by atoms with E-state index in [1.54, 1.807) is 0 Å². The van der Waals surface area contributed by atoms with Gasteiger partial charge in [-0.1, -0.05) is 23.4 Å². The second kappa shape index (κ2) is 7.09. The topological polar surface area (TPSA) is 108 Å². The molecule has 3 N–H and O–H groups in total. The van der Waals surface area contributed by atoms with Crippen LogP contribution in [0, 0.1) is 0 Å². The van der Waals surface area contributed by atoms with Crippen molar-refractivity contribution in [2.75, 3.05) is 11.1 Å². The fourth-order valence-corrected chi connectivity index (χ4v) is 2.43. The van der Waals surface area contributed by atoms with Crippen LogP contribution in [0.1, 0.15) is 5.56 Å². The lowest BCUT2D eigenvalue weighted by Crippen LogP contribution is -2.26. The summed E-state index contributed by atoms with van der Waals surface area (Å²) in [6, 6.07) is 2.77. The molecule has 1 aromatic heterocycles. The first-order chi connectivity index (χ1) is 11.2. The molecule has 0 bridgehead atoms. The van der Waals surface area contributed by atoms with Crippen molar-refractivity contribution in [3.05, 3.63) is 49.6 Å². The Morgan fingerprint density at radius 1 is 1.33 bits per heavy atom. The highest BCUT2D eigenvalue weighted by Gasteiger charge is 2.34. The molecule has 0 radical (unpaired) electrons. The number of aromatic nitrogens is 3. The molecule has 1 amide bonds. The van der Waals surface area contributed by atoms with Gasteiger partial charge in [0, 0.05) is 5.02 Å². The summed E-state index contributed by atoms with van der Waals surface area (Å²) in [7, 11) is 0. The minimum atomic E-state index is -4.67. The number of anilines is 1. The van der Waals surface area contributed by atoms with Crippen molar-refractivity contribution in [2.24, 2.45) is 0 Å². The van der Waals surface area contributed by atoms with E-state index in [1.807, 2.05) is 10.1 Å². The highest BCUT2D eigenvalue weighted by molar-refractivity contribution is 7.99. The van der Waals surface area contributed by atoms with E-state index in [-0.39, 0.29) is 10.0 Å². The van der Waals surface area contributed by atoms with Crippen LogP contribution in [-0.2, 0) is 11.0 Å². The van der Waals surface area contributed by atoms with E-state index in [0.29, 0.717) is 11.8 Å². The standard InChI is InChI=1S/C12H8ClF3N4O3S/c13-5-1-2-6(12(14,15)16)7(3-5)17-8(21)4-24-10-9(22)18-11(23)20-19-10/h1-3H,4H2,(H,17,21)(H2,18,20,22,23). The number of amides is 1. The van der Waals surface area contributed by atoms with Gasteiger partial charge in [-0.3, -0.25) is 14.6 Å². The highest BCUT2D eigenvalue weighted by Crippen LogP contribution is 2.36. The Hall–Kier alpha value is -2.27. The monoisotopic (exact) mass is 380 g/mol. The number of thioether (sulfide) groups is 1. The van der Waals surface area contributed by atoms with Crippen molar-refractivity contribution >= 4 is 35.0 Å². The summed E-state index contributed by atoms with van der Waals surface area (Å²) in [6.45, 7) is 0. The lowest BCUT2D eigenvalue weighted by Gasteiger charge is -2.13. The van der Waals surface area contributed by atoms with Gasteiger partial charge in [-0.05, 0) is 18.2 Å². The van der Waals surface area contributed by atoms with Crippen molar-refractivity contribution in [1.82, 2.24) is 15.2 Å². The van der Waals surface area contributed by atoms with E-state index in [9.17, 15) is 27.6 Å². The number of alkyl halides is 3. The first kappa shape index (κ1) is 18.1. The number of carbonyl (C=O) groups excluding carboxylic acids is 1. The third-order valence-electron chi connectivity index (χ3n) is 2.58. The molecular formula is C12H8ClF3N4O3S. The van der Waals surface area contributed by atoms with E-state index in [1.165, 1.54) is 0 Å². The molecule has 0 saturated heterocycles. The molecule has 7 nitrogen and oxygen atoms in total. The van der Waals surface area contributed by atoms with Gasteiger partial charge < -0.3 is 5.32 Å². The van der Waals surface area contributed by atoms with E-state index >= 15 is 0 Å². The van der Waals surface area contributed by atoms with E-state index in [4.69, 9.17) is 11.6 Å². The van der Waals surface area contributed by atoms with Gasteiger partial charge in [0.05, 0.1) is 17.0 Å². The molecule has 0 aliphatic heterocycles. The van der Waals surface area contributed by atoms with E-state index in [0.717, 1.165) is 18.2 Å². The van der Waals surface area contributed by atoms with E-state index in [2.05, 4.69) is 10.4 Å². The zero-order valence-corrected chi connectivity index (χ0v) is 13.1. The normalized spacial score (nSPS) is 11.3. The van der Waals surface area contributed by atoms with Crippen LogP contribution >= 0.6 is 23.4 Å². The summed E-state index contributed by atoms with van der Waals surface area (Å²) in [4.78, 5) is 35.9. The molecule has 12 heteroatoms. The number of halogens is 4. The lowest BCUT2D eigenvalue weighted by molar-refractivity contribution is -0.137. The van der Waals surface area contributed by atoms with Crippen LogP contribution in [0.4, 0.5) is 18.9 Å². The smallest absolute Gasteiger partial charge is 0.325 e. The Morgan fingerprint density at radius 3 is 2.67 bits per heavy atom. The summed E-state index contributed by atoms with van der Waals surface area (Å²) >= 11 is 6.30. The number of nitrogens with zero attached hydrogens (tertiary/aromatic N) is 1. The number of carbonyl (C=O) groups is 1. The van der Waals surface area contributed by atoms with Crippen LogP contribution in [-0.4, -0.2) is 26.8 Å². The zero-order valence-electron chi connectivity index (χ0n) is 11.5. The van der Waals surface area contributed by atoms with Gasteiger partial charge in [0.1, 0.15) is 0 Å². The van der Waals surface area contributed by atoms with Crippen LogP contribution in [0.25, 0.3) is 0 Å². The van der Waals surface area contributed by atoms with Gasteiger partial charge in [0.15, 0.2) is 5.03 Å². The number of aromatic amines is 2. The third-order valence-corrected chi connectivity index (χ3v) is 3.77. The van der Waals surface area contributed by atoms with E-state index < -0.39 is 40.3 Å². The van der Waals surface area contributed by atoms with Crippen molar-refractivity contribution in [3.63, 3.8) is 0 Å². The maximum atomic E-state index is 12.9. The minimum Gasteiger partial charge on any atom is -0.325 e. The Labute approximate surface area is 140 Å². The largest absolute Gasteiger partial charge is 0.418 e. The zero-order chi connectivity index (χ0) is 17.9. The summed E-state index contributed by atoms with van der Waals surface area (Å²) in [5, 5.41) is 7.30. The molecule has 2 aromatic rings. The summed E-state index contributed by atoms with van der Waals surface area (Å²) in [5.74, 6) is -1.20. The van der Waals surface area contributed by atoms with Crippen molar-refractivity contribution in [1.29, 1.82) is 0 Å². The first-order valence-corrected chi connectivity index (χ1v) is 7.51. The van der Waals surface area contributed by atoms with Gasteiger partial charge in [0.25, 0.3) is 5.56 Å². The average molecular weight is 381 g/mol. The fourth-order valence-electron chi connectivity index (χ4n) is 1.62. The van der Waals surface area contributed by atoms with Crippen molar-refractivity contribution in [3.8, 4) is 0 Å². The quantitative estimate of drug-likeness (QED) is 0.702. The molecule has 0 unspecified atom stereocenters. The maximum absolute atomic E-state index is 12.9. The molecule has 0 aliphatic rings. The molecule has 128 valence electrons. The van der Waals surface area contributed by atoms with Crippen LogP contribution in [0.15, 0.2) is 32.8 Å². The summed E-state index contributed by atoms with van der Waals surface area (Å²) < 4.78 is 38.6. The van der Waals surface area contributed by atoms with Crippen LogP contribution in [0.3, 0.4) is 0 Å². The lowest BCUT2D eigenvalue weighted by atomic mass is 10.1. The number of hydrogen-bond acceptors (Lipinski definition) is 5. The van der Waals surface area contributed by atoms with Gasteiger partial charge in [-0.25, -0.2) is 9.89 Å². The summed E-state index contributed by atoms with van der Waals surface area (Å²) in [5.41, 5.74) is -3.17. The fraction of sp³-hybridized carbons (Fsp3) is 0.167. The molecule has 0 saturated carbocycles. The van der Waals surface area contributed by atoms with Crippen molar-refractivity contribution in [2.45, 2.75) is 11.2 Å². The predicted molar refractivity (Wildman–Crippen MR) is 81.3 cm³/mol. The minimum absolute atomic E-state index is 0.0182. The molecule has 1 heterocycles. The molecule has 1 aromatic carbocycles. The third kappa shape index (κ3) is 4.61. The average Bonchev–Trinajstić information content (AvgIpc) is 2.45. The molecule has 0 aliphatic carbocycles.